The van der Waals surface area contributed by atoms with E-state index in [9.17, 15) is 4.79 Å². The molecule has 3 rings (SSSR count). The zero-order chi connectivity index (χ0) is 13.2. The highest BCUT2D eigenvalue weighted by Crippen LogP contribution is 2.25. The van der Waals surface area contributed by atoms with Crippen LogP contribution in [0.2, 0.25) is 0 Å². The van der Waals surface area contributed by atoms with Gasteiger partial charge in [0.1, 0.15) is 0 Å². The molecule has 0 unspecified atom stereocenters. The Morgan fingerprint density at radius 1 is 1.21 bits per heavy atom. The molecule has 0 saturated heterocycles. The smallest absolute Gasteiger partial charge is 0.256 e. The van der Waals surface area contributed by atoms with Gasteiger partial charge in [0.05, 0.1) is 5.56 Å². The lowest BCUT2D eigenvalue weighted by molar-refractivity contribution is 0.0698. The summed E-state index contributed by atoms with van der Waals surface area (Å²) in [5.74, 6) is 0.143. The Hall–Kier alpha value is -1.77. The number of amides is 1. The molecule has 1 fully saturated rings. The van der Waals surface area contributed by atoms with E-state index in [4.69, 9.17) is 0 Å². The van der Waals surface area contributed by atoms with Crippen LogP contribution in [-0.2, 0) is 0 Å². The number of nitrogens with one attached hydrogen (secondary N) is 1. The predicted octanol–water partition coefficient (Wildman–Crippen LogP) is 3.57. The van der Waals surface area contributed by atoms with Crippen molar-refractivity contribution in [2.45, 2.75) is 38.1 Å². The van der Waals surface area contributed by atoms with Crippen molar-refractivity contribution in [1.82, 2.24) is 9.88 Å². The standard InChI is InChI=1S/C16H20N2O/c1-18(12-7-3-2-4-8-12)16(19)14-11-17-15-10-6-5-9-13(14)15/h5-6,9-12,17H,2-4,7-8H2,1H3. The van der Waals surface area contributed by atoms with Gasteiger partial charge in [-0.05, 0) is 18.9 Å². The molecule has 3 heteroatoms. The lowest BCUT2D eigenvalue weighted by Gasteiger charge is -2.31. The number of benzene rings is 1. The third kappa shape index (κ3) is 2.25. The van der Waals surface area contributed by atoms with E-state index in [1.165, 1.54) is 19.3 Å². The minimum absolute atomic E-state index is 0.143. The molecule has 0 spiro atoms. The number of rotatable bonds is 2. The maximum atomic E-state index is 12.6. The van der Waals surface area contributed by atoms with E-state index in [-0.39, 0.29) is 5.91 Å². The second-order valence-corrected chi connectivity index (χ2v) is 5.46. The molecule has 1 heterocycles. The Balaban J connectivity index is 1.86. The summed E-state index contributed by atoms with van der Waals surface area (Å²) in [5.41, 5.74) is 1.83. The summed E-state index contributed by atoms with van der Waals surface area (Å²) in [7, 11) is 1.94. The zero-order valence-corrected chi connectivity index (χ0v) is 11.4. The van der Waals surface area contributed by atoms with Gasteiger partial charge in [0.25, 0.3) is 5.91 Å². The van der Waals surface area contributed by atoms with Crippen LogP contribution in [0.5, 0.6) is 0 Å². The summed E-state index contributed by atoms with van der Waals surface area (Å²) in [6.45, 7) is 0. The van der Waals surface area contributed by atoms with Crippen LogP contribution in [-0.4, -0.2) is 28.9 Å². The maximum Gasteiger partial charge on any atom is 0.256 e. The van der Waals surface area contributed by atoms with Crippen LogP contribution in [0.4, 0.5) is 0 Å². The number of aromatic nitrogens is 1. The highest BCUT2D eigenvalue weighted by molar-refractivity contribution is 6.06. The Morgan fingerprint density at radius 3 is 2.74 bits per heavy atom. The quantitative estimate of drug-likeness (QED) is 0.876. The van der Waals surface area contributed by atoms with Crippen LogP contribution in [0, 0.1) is 0 Å². The summed E-state index contributed by atoms with van der Waals surface area (Å²) in [5, 5.41) is 1.02. The fourth-order valence-electron chi connectivity index (χ4n) is 3.07. The third-order valence-electron chi connectivity index (χ3n) is 4.26. The van der Waals surface area contributed by atoms with E-state index < -0.39 is 0 Å². The molecule has 1 aliphatic rings. The van der Waals surface area contributed by atoms with Gasteiger partial charge in [-0.3, -0.25) is 4.79 Å². The molecule has 19 heavy (non-hydrogen) atoms. The summed E-state index contributed by atoms with van der Waals surface area (Å²) < 4.78 is 0. The molecule has 1 N–H and O–H groups in total. The zero-order valence-electron chi connectivity index (χ0n) is 11.4. The highest BCUT2D eigenvalue weighted by atomic mass is 16.2. The number of H-pyrrole nitrogens is 1. The Bertz CT molecular complexity index is 581. The molecule has 1 amide bonds. The first kappa shape index (κ1) is 12.3. The van der Waals surface area contributed by atoms with Crippen LogP contribution in [0.1, 0.15) is 42.5 Å². The van der Waals surface area contributed by atoms with Crippen molar-refractivity contribution >= 4 is 16.8 Å². The Labute approximate surface area is 113 Å². The summed E-state index contributed by atoms with van der Waals surface area (Å²) in [6, 6.07) is 8.39. The van der Waals surface area contributed by atoms with Gasteiger partial charge in [-0.1, -0.05) is 37.5 Å². The lowest BCUT2D eigenvalue weighted by Crippen LogP contribution is -2.38. The van der Waals surface area contributed by atoms with Gasteiger partial charge in [-0.2, -0.15) is 0 Å². The Kier molecular flexibility index (Phi) is 3.28. The van der Waals surface area contributed by atoms with E-state index in [2.05, 4.69) is 4.98 Å². The summed E-state index contributed by atoms with van der Waals surface area (Å²) in [6.07, 6.45) is 7.93. The molecule has 3 nitrogen and oxygen atoms in total. The fourth-order valence-corrected chi connectivity index (χ4v) is 3.07. The van der Waals surface area contributed by atoms with E-state index >= 15 is 0 Å². The SMILES string of the molecule is CN(C(=O)c1c[nH]c2ccccc12)C1CCCCC1. The van der Waals surface area contributed by atoms with Gasteiger partial charge in [0, 0.05) is 30.2 Å². The molecule has 1 aliphatic carbocycles. The lowest BCUT2D eigenvalue weighted by atomic mass is 9.94. The summed E-state index contributed by atoms with van der Waals surface area (Å²) in [4.78, 5) is 17.7. The van der Waals surface area contributed by atoms with E-state index in [0.29, 0.717) is 6.04 Å². The molecule has 0 aliphatic heterocycles. The van der Waals surface area contributed by atoms with Crippen LogP contribution >= 0.6 is 0 Å². The second kappa shape index (κ2) is 5.08. The maximum absolute atomic E-state index is 12.6. The van der Waals surface area contributed by atoms with Crippen LogP contribution in [0.15, 0.2) is 30.5 Å². The largest absolute Gasteiger partial charge is 0.360 e. The molecule has 0 atom stereocenters. The van der Waals surface area contributed by atoms with E-state index in [1.54, 1.807) is 0 Å². The van der Waals surface area contributed by atoms with Gasteiger partial charge < -0.3 is 9.88 Å². The van der Waals surface area contributed by atoms with Gasteiger partial charge >= 0.3 is 0 Å². The minimum Gasteiger partial charge on any atom is -0.360 e. The average molecular weight is 256 g/mol. The molecule has 1 aromatic heterocycles. The first-order valence-corrected chi connectivity index (χ1v) is 7.10. The number of hydrogen-bond donors (Lipinski definition) is 1. The number of para-hydroxylation sites is 1. The normalized spacial score (nSPS) is 16.7. The molecule has 100 valence electrons. The number of carbonyl (C=O) groups excluding carboxylic acids is 1. The average Bonchev–Trinajstić information content (AvgIpc) is 2.90. The first-order chi connectivity index (χ1) is 9.27. The monoisotopic (exact) mass is 256 g/mol. The minimum atomic E-state index is 0.143. The van der Waals surface area contributed by atoms with Crippen molar-refractivity contribution in [1.29, 1.82) is 0 Å². The van der Waals surface area contributed by atoms with Crippen LogP contribution in [0.3, 0.4) is 0 Å². The number of nitrogens with zero attached hydrogens (tertiary/aromatic N) is 1. The number of carbonyl (C=O) groups is 1. The molecular formula is C16H20N2O. The molecule has 0 bridgehead atoms. The van der Waals surface area contributed by atoms with Crippen molar-refractivity contribution in [3.05, 3.63) is 36.0 Å². The molecule has 0 radical (unpaired) electrons. The molecular weight excluding hydrogens is 236 g/mol. The van der Waals surface area contributed by atoms with Crippen LogP contribution < -0.4 is 0 Å². The molecule has 2 aromatic rings. The number of hydrogen-bond acceptors (Lipinski definition) is 1. The van der Waals surface area contributed by atoms with Gasteiger partial charge in [0.15, 0.2) is 0 Å². The highest BCUT2D eigenvalue weighted by Gasteiger charge is 2.24. The topological polar surface area (TPSA) is 36.1 Å². The predicted molar refractivity (Wildman–Crippen MR) is 77.3 cm³/mol. The van der Waals surface area contributed by atoms with E-state index in [1.807, 2.05) is 42.4 Å². The number of fused-ring (bicyclic) bond motifs is 1. The first-order valence-electron chi connectivity index (χ1n) is 7.10. The summed E-state index contributed by atoms with van der Waals surface area (Å²) >= 11 is 0. The van der Waals surface area contributed by atoms with Gasteiger partial charge in [0.2, 0.25) is 0 Å². The van der Waals surface area contributed by atoms with E-state index in [0.717, 1.165) is 29.3 Å². The van der Waals surface area contributed by atoms with Crippen molar-refractivity contribution in [2.75, 3.05) is 7.05 Å². The van der Waals surface area contributed by atoms with Crippen molar-refractivity contribution in [3.63, 3.8) is 0 Å². The van der Waals surface area contributed by atoms with Crippen LogP contribution in [0.25, 0.3) is 10.9 Å². The van der Waals surface area contributed by atoms with Gasteiger partial charge in [-0.25, -0.2) is 0 Å². The number of aromatic amines is 1. The molecule has 1 aromatic carbocycles. The van der Waals surface area contributed by atoms with Gasteiger partial charge in [-0.15, -0.1) is 0 Å². The van der Waals surface area contributed by atoms with Crippen molar-refractivity contribution in [2.24, 2.45) is 0 Å². The third-order valence-corrected chi connectivity index (χ3v) is 4.26. The van der Waals surface area contributed by atoms with Crippen molar-refractivity contribution in [3.8, 4) is 0 Å². The molecule has 1 saturated carbocycles. The second-order valence-electron chi connectivity index (χ2n) is 5.46. The fraction of sp³-hybridized carbons (Fsp3) is 0.438. The van der Waals surface area contributed by atoms with Crippen molar-refractivity contribution < 1.29 is 4.79 Å². The Morgan fingerprint density at radius 2 is 1.95 bits per heavy atom.